The highest BCUT2D eigenvalue weighted by Crippen LogP contribution is 2.35. The standard InChI is InChI=1S/C19H22O2/c1-13-6-5-9-16(14(13)2)18(20)12-19-17-8-4-3-7-15(17)10-11-21-19/h3-9,18-20H,10-12H2,1-2H3. The van der Waals surface area contributed by atoms with E-state index in [9.17, 15) is 5.11 Å². The van der Waals surface area contributed by atoms with Crippen molar-refractivity contribution in [2.24, 2.45) is 0 Å². The van der Waals surface area contributed by atoms with E-state index < -0.39 is 6.10 Å². The molecule has 2 aromatic rings. The van der Waals surface area contributed by atoms with Crippen LogP contribution in [0.2, 0.25) is 0 Å². The Balaban J connectivity index is 1.83. The lowest BCUT2D eigenvalue weighted by atomic mass is 9.90. The molecular formula is C19H22O2. The van der Waals surface area contributed by atoms with Crippen LogP contribution < -0.4 is 0 Å². The molecule has 21 heavy (non-hydrogen) atoms. The molecule has 1 heterocycles. The average molecular weight is 282 g/mol. The summed E-state index contributed by atoms with van der Waals surface area (Å²) in [5.74, 6) is 0. The molecular weight excluding hydrogens is 260 g/mol. The summed E-state index contributed by atoms with van der Waals surface area (Å²) >= 11 is 0. The fraction of sp³-hybridized carbons (Fsp3) is 0.368. The average Bonchev–Trinajstić information content (AvgIpc) is 2.50. The van der Waals surface area contributed by atoms with E-state index in [1.165, 1.54) is 22.3 Å². The van der Waals surface area contributed by atoms with Crippen molar-refractivity contribution >= 4 is 0 Å². The third kappa shape index (κ3) is 2.87. The fourth-order valence-electron chi connectivity index (χ4n) is 3.14. The quantitative estimate of drug-likeness (QED) is 0.920. The molecule has 2 nitrogen and oxygen atoms in total. The van der Waals surface area contributed by atoms with E-state index in [1.807, 2.05) is 18.2 Å². The Morgan fingerprint density at radius 1 is 1.14 bits per heavy atom. The molecule has 0 saturated carbocycles. The summed E-state index contributed by atoms with van der Waals surface area (Å²) in [5, 5.41) is 10.6. The third-order valence-corrected chi connectivity index (χ3v) is 4.54. The minimum absolute atomic E-state index is 0.00939. The second kappa shape index (κ2) is 6.00. The minimum Gasteiger partial charge on any atom is -0.388 e. The van der Waals surface area contributed by atoms with Gasteiger partial charge >= 0.3 is 0 Å². The first-order valence-corrected chi connectivity index (χ1v) is 7.60. The topological polar surface area (TPSA) is 29.5 Å². The number of benzene rings is 2. The van der Waals surface area contributed by atoms with Crippen LogP contribution in [0.25, 0.3) is 0 Å². The van der Waals surface area contributed by atoms with Crippen LogP contribution in [-0.4, -0.2) is 11.7 Å². The van der Waals surface area contributed by atoms with Gasteiger partial charge in [0.05, 0.1) is 18.8 Å². The Bertz CT molecular complexity index is 633. The van der Waals surface area contributed by atoms with Gasteiger partial charge in [-0.2, -0.15) is 0 Å². The number of hydrogen-bond donors (Lipinski definition) is 1. The number of aryl methyl sites for hydroxylation is 1. The van der Waals surface area contributed by atoms with Crippen molar-refractivity contribution in [3.8, 4) is 0 Å². The van der Waals surface area contributed by atoms with Crippen LogP contribution in [-0.2, 0) is 11.2 Å². The van der Waals surface area contributed by atoms with E-state index in [2.05, 4.69) is 38.1 Å². The second-order valence-corrected chi connectivity index (χ2v) is 5.85. The Hall–Kier alpha value is -1.64. The molecule has 0 radical (unpaired) electrons. The number of rotatable bonds is 3. The molecule has 0 saturated heterocycles. The molecule has 1 aliphatic heterocycles. The molecule has 0 spiro atoms. The zero-order chi connectivity index (χ0) is 14.8. The normalized spacial score (nSPS) is 19.1. The van der Waals surface area contributed by atoms with Gasteiger partial charge in [-0.3, -0.25) is 0 Å². The van der Waals surface area contributed by atoms with E-state index in [-0.39, 0.29) is 6.10 Å². The van der Waals surface area contributed by atoms with Crippen LogP contribution in [0.3, 0.4) is 0 Å². The molecule has 0 aromatic heterocycles. The molecule has 1 N–H and O–H groups in total. The highest BCUT2D eigenvalue weighted by atomic mass is 16.5. The molecule has 3 rings (SSSR count). The summed E-state index contributed by atoms with van der Waals surface area (Å²) < 4.78 is 5.91. The Morgan fingerprint density at radius 3 is 2.81 bits per heavy atom. The molecule has 2 aromatic carbocycles. The number of aliphatic hydroxyl groups excluding tert-OH is 1. The molecule has 0 amide bonds. The van der Waals surface area contributed by atoms with Gasteiger partial charge in [0.2, 0.25) is 0 Å². The molecule has 2 unspecified atom stereocenters. The molecule has 110 valence electrons. The number of fused-ring (bicyclic) bond motifs is 1. The zero-order valence-electron chi connectivity index (χ0n) is 12.7. The first-order valence-electron chi connectivity index (χ1n) is 7.60. The van der Waals surface area contributed by atoms with E-state index in [0.717, 1.165) is 18.6 Å². The predicted octanol–water partition coefficient (Wildman–Crippen LogP) is 4.04. The van der Waals surface area contributed by atoms with Crippen molar-refractivity contribution in [3.05, 3.63) is 70.3 Å². The van der Waals surface area contributed by atoms with E-state index in [1.54, 1.807) is 0 Å². The van der Waals surface area contributed by atoms with Gasteiger partial charge < -0.3 is 9.84 Å². The SMILES string of the molecule is Cc1cccc(C(O)CC2OCCc3ccccc32)c1C. The Morgan fingerprint density at radius 2 is 1.95 bits per heavy atom. The van der Waals surface area contributed by atoms with Gasteiger partial charge in [-0.15, -0.1) is 0 Å². The van der Waals surface area contributed by atoms with Gasteiger partial charge in [0.1, 0.15) is 0 Å². The number of aliphatic hydroxyl groups is 1. The zero-order valence-corrected chi connectivity index (χ0v) is 12.7. The second-order valence-electron chi connectivity index (χ2n) is 5.85. The highest BCUT2D eigenvalue weighted by molar-refractivity contribution is 5.36. The van der Waals surface area contributed by atoms with Crippen molar-refractivity contribution < 1.29 is 9.84 Å². The Labute approximate surface area is 126 Å². The first kappa shape index (κ1) is 14.3. The largest absolute Gasteiger partial charge is 0.388 e. The van der Waals surface area contributed by atoms with Crippen molar-refractivity contribution in [2.75, 3.05) is 6.61 Å². The number of ether oxygens (including phenoxy) is 1. The van der Waals surface area contributed by atoms with Crippen LogP contribution in [0.15, 0.2) is 42.5 Å². The molecule has 2 atom stereocenters. The lowest BCUT2D eigenvalue weighted by Crippen LogP contribution is -2.18. The van der Waals surface area contributed by atoms with E-state index >= 15 is 0 Å². The summed E-state index contributed by atoms with van der Waals surface area (Å²) in [6, 6.07) is 14.5. The van der Waals surface area contributed by atoms with Crippen LogP contribution >= 0.6 is 0 Å². The monoisotopic (exact) mass is 282 g/mol. The highest BCUT2D eigenvalue weighted by Gasteiger charge is 2.24. The summed E-state index contributed by atoms with van der Waals surface area (Å²) in [6.45, 7) is 4.89. The predicted molar refractivity (Wildman–Crippen MR) is 84.3 cm³/mol. The molecule has 2 heteroatoms. The maximum Gasteiger partial charge on any atom is 0.0855 e. The van der Waals surface area contributed by atoms with Gasteiger partial charge in [0.25, 0.3) is 0 Å². The maximum absolute atomic E-state index is 10.6. The van der Waals surface area contributed by atoms with Crippen LogP contribution in [0, 0.1) is 13.8 Å². The third-order valence-electron chi connectivity index (χ3n) is 4.54. The van der Waals surface area contributed by atoms with E-state index in [4.69, 9.17) is 4.74 Å². The van der Waals surface area contributed by atoms with Crippen molar-refractivity contribution in [1.29, 1.82) is 0 Å². The molecule has 1 aliphatic rings. The van der Waals surface area contributed by atoms with Crippen molar-refractivity contribution in [2.45, 2.75) is 38.9 Å². The summed E-state index contributed by atoms with van der Waals surface area (Å²) in [6.07, 6.45) is 1.08. The van der Waals surface area contributed by atoms with Crippen molar-refractivity contribution in [1.82, 2.24) is 0 Å². The summed E-state index contributed by atoms with van der Waals surface area (Å²) in [7, 11) is 0. The van der Waals surface area contributed by atoms with Gasteiger partial charge in [0.15, 0.2) is 0 Å². The fourth-order valence-corrected chi connectivity index (χ4v) is 3.14. The first-order chi connectivity index (χ1) is 10.2. The van der Waals surface area contributed by atoms with Gasteiger partial charge in [-0.1, -0.05) is 42.5 Å². The number of hydrogen-bond acceptors (Lipinski definition) is 2. The summed E-state index contributed by atoms with van der Waals surface area (Å²) in [5.41, 5.74) is 5.99. The molecule has 0 aliphatic carbocycles. The van der Waals surface area contributed by atoms with Gasteiger partial charge in [-0.25, -0.2) is 0 Å². The van der Waals surface area contributed by atoms with Crippen molar-refractivity contribution in [3.63, 3.8) is 0 Å². The molecule has 0 bridgehead atoms. The lowest BCUT2D eigenvalue weighted by Gasteiger charge is -2.28. The van der Waals surface area contributed by atoms with Gasteiger partial charge in [-0.05, 0) is 48.1 Å². The van der Waals surface area contributed by atoms with Crippen LogP contribution in [0.4, 0.5) is 0 Å². The van der Waals surface area contributed by atoms with Crippen LogP contribution in [0.5, 0.6) is 0 Å². The lowest BCUT2D eigenvalue weighted by molar-refractivity contribution is 0.00363. The van der Waals surface area contributed by atoms with Crippen LogP contribution in [0.1, 0.15) is 46.4 Å². The molecule has 0 fully saturated rings. The smallest absolute Gasteiger partial charge is 0.0855 e. The maximum atomic E-state index is 10.6. The summed E-state index contributed by atoms with van der Waals surface area (Å²) in [4.78, 5) is 0. The van der Waals surface area contributed by atoms with Gasteiger partial charge in [0, 0.05) is 6.42 Å². The Kier molecular flexibility index (Phi) is 4.09. The minimum atomic E-state index is -0.485. The van der Waals surface area contributed by atoms with E-state index in [0.29, 0.717) is 6.42 Å².